The highest BCUT2D eigenvalue weighted by atomic mass is 35.5. The highest BCUT2D eigenvalue weighted by Crippen LogP contribution is 2.14. The maximum atomic E-state index is 12.0. The van der Waals surface area contributed by atoms with Crippen LogP contribution in [0.3, 0.4) is 0 Å². The van der Waals surface area contributed by atoms with E-state index in [1.807, 2.05) is 12.1 Å². The number of carbonyl (C=O) groups is 1. The van der Waals surface area contributed by atoms with Gasteiger partial charge in [0.05, 0.1) is 5.75 Å². The Bertz CT molecular complexity index is 639. The van der Waals surface area contributed by atoms with Crippen LogP contribution in [-0.2, 0) is 16.6 Å². The Morgan fingerprint density at radius 2 is 1.70 bits per heavy atom. The van der Waals surface area contributed by atoms with Crippen molar-refractivity contribution in [3.05, 3.63) is 69.7 Å². The van der Waals surface area contributed by atoms with Gasteiger partial charge in [-0.25, -0.2) is 0 Å². The Morgan fingerprint density at radius 1 is 1.00 bits per heavy atom. The van der Waals surface area contributed by atoms with Crippen molar-refractivity contribution in [1.29, 1.82) is 0 Å². The van der Waals surface area contributed by atoms with Crippen molar-refractivity contribution in [2.24, 2.45) is 0 Å². The molecule has 0 amide bonds. The molecule has 0 aliphatic heterocycles. The Kier molecular flexibility index (Phi) is 5.35. The van der Waals surface area contributed by atoms with E-state index in [0.717, 1.165) is 5.56 Å². The lowest BCUT2D eigenvalue weighted by atomic mass is 10.1. The third-order valence-corrected chi connectivity index (χ3v) is 4.41. The van der Waals surface area contributed by atoms with Gasteiger partial charge in [0, 0.05) is 32.2 Å². The van der Waals surface area contributed by atoms with Crippen LogP contribution in [-0.4, -0.2) is 15.7 Å². The normalized spacial score (nSPS) is 12.1. The topological polar surface area (TPSA) is 34.1 Å². The average Bonchev–Trinajstić information content (AvgIpc) is 2.41. The Hall–Kier alpha value is -1.16. The number of benzene rings is 2. The van der Waals surface area contributed by atoms with Gasteiger partial charge < -0.3 is 0 Å². The highest BCUT2D eigenvalue weighted by molar-refractivity contribution is 7.85. The van der Waals surface area contributed by atoms with Crippen LogP contribution in [0, 0.1) is 0 Å². The molecule has 5 heteroatoms. The third-order valence-electron chi connectivity index (χ3n) is 2.68. The quantitative estimate of drug-likeness (QED) is 0.774. The molecule has 104 valence electrons. The van der Waals surface area contributed by atoms with Gasteiger partial charge in [-0.2, -0.15) is 0 Å². The second-order valence-electron chi connectivity index (χ2n) is 4.29. The van der Waals surface area contributed by atoms with Gasteiger partial charge in [-0.1, -0.05) is 47.5 Å². The van der Waals surface area contributed by atoms with Gasteiger partial charge in [0.2, 0.25) is 0 Å². The molecule has 2 aromatic rings. The number of hydrogen-bond donors (Lipinski definition) is 0. The van der Waals surface area contributed by atoms with E-state index in [1.165, 1.54) is 0 Å². The van der Waals surface area contributed by atoms with E-state index in [2.05, 4.69) is 0 Å². The summed E-state index contributed by atoms with van der Waals surface area (Å²) >= 11 is 11.6. The van der Waals surface area contributed by atoms with E-state index < -0.39 is 10.8 Å². The van der Waals surface area contributed by atoms with Gasteiger partial charge in [0.15, 0.2) is 5.78 Å². The molecule has 0 aliphatic carbocycles. The van der Waals surface area contributed by atoms with Crippen LogP contribution >= 0.6 is 23.2 Å². The molecule has 2 rings (SSSR count). The Labute approximate surface area is 130 Å². The smallest absolute Gasteiger partial charge is 0.175 e. The number of halogens is 2. The first-order valence-electron chi connectivity index (χ1n) is 5.93. The van der Waals surface area contributed by atoms with Crippen molar-refractivity contribution in [1.82, 2.24) is 0 Å². The van der Waals surface area contributed by atoms with E-state index in [9.17, 15) is 9.00 Å². The zero-order chi connectivity index (χ0) is 14.5. The monoisotopic (exact) mass is 326 g/mol. The number of rotatable bonds is 5. The SMILES string of the molecule is O=C(CS(=O)Cc1ccc(Cl)cc1)c1cccc(Cl)c1. The molecule has 0 aromatic heterocycles. The zero-order valence-electron chi connectivity index (χ0n) is 10.5. The molecule has 0 bridgehead atoms. The molecule has 0 saturated carbocycles. The van der Waals surface area contributed by atoms with Crippen molar-refractivity contribution < 1.29 is 9.00 Å². The first kappa shape index (κ1) is 15.2. The molecule has 1 atom stereocenters. The molecule has 0 radical (unpaired) electrons. The minimum absolute atomic E-state index is 0.0109. The predicted molar refractivity (Wildman–Crippen MR) is 83.9 cm³/mol. The summed E-state index contributed by atoms with van der Waals surface area (Å²) in [7, 11) is -1.25. The molecule has 0 spiro atoms. The predicted octanol–water partition coefficient (Wildman–Crippen LogP) is 4.13. The van der Waals surface area contributed by atoms with Crippen molar-refractivity contribution in [3.8, 4) is 0 Å². The van der Waals surface area contributed by atoms with Crippen LogP contribution in [0.4, 0.5) is 0 Å². The zero-order valence-corrected chi connectivity index (χ0v) is 12.8. The average molecular weight is 327 g/mol. The molecule has 2 aromatic carbocycles. The first-order chi connectivity index (χ1) is 9.54. The minimum atomic E-state index is -1.25. The molecule has 0 fully saturated rings. The third kappa shape index (κ3) is 4.44. The largest absolute Gasteiger partial charge is 0.293 e. The van der Waals surface area contributed by atoms with Gasteiger partial charge in [-0.15, -0.1) is 0 Å². The van der Waals surface area contributed by atoms with Crippen molar-refractivity contribution in [2.45, 2.75) is 5.75 Å². The molecule has 20 heavy (non-hydrogen) atoms. The fraction of sp³-hybridized carbons (Fsp3) is 0.133. The number of carbonyl (C=O) groups excluding carboxylic acids is 1. The lowest BCUT2D eigenvalue weighted by Crippen LogP contribution is -2.12. The maximum Gasteiger partial charge on any atom is 0.175 e. The van der Waals surface area contributed by atoms with Crippen LogP contribution in [0.1, 0.15) is 15.9 Å². The summed E-state index contributed by atoms with van der Waals surface area (Å²) in [6, 6.07) is 13.8. The van der Waals surface area contributed by atoms with E-state index >= 15 is 0 Å². The summed E-state index contributed by atoms with van der Waals surface area (Å²) in [5.41, 5.74) is 1.38. The van der Waals surface area contributed by atoms with E-state index in [1.54, 1.807) is 36.4 Å². The van der Waals surface area contributed by atoms with Crippen molar-refractivity contribution in [3.63, 3.8) is 0 Å². The highest BCUT2D eigenvalue weighted by Gasteiger charge is 2.11. The summed E-state index contributed by atoms with van der Waals surface area (Å²) in [4.78, 5) is 12.0. The molecule has 0 N–H and O–H groups in total. The second-order valence-corrected chi connectivity index (χ2v) is 6.62. The number of Topliss-reactive ketones (excluding diaryl/α,β-unsaturated/α-hetero) is 1. The van der Waals surface area contributed by atoms with E-state index in [-0.39, 0.29) is 11.5 Å². The van der Waals surface area contributed by atoms with Crippen molar-refractivity contribution >= 4 is 39.8 Å². The number of ketones is 1. The Morgan fingerprint density at radius 3 is 2.35 bits per heavy atom. The summed E-state index contributed by atoms with van der Waals surface area (Å²) in [6.45, 7) is 0. The van der Waals surface area contributed by atoms with Gasteiger partial charge in [-0.05, 0) is 29.8 Å². The van der Waals surface area contributed by atoms with Gasteiger partial charge in [-0.3, -0.25) is 9.00 Å². The van der Waals surface area contributed by atoms with Gasteiger partial charge in [0.1, 0.15) is 0 Å². The standard InChI is InChI=1S/C15H12Cl2O2S/c16-13-6-4-11(5-7-13)9-20(19)10-15(18)12-2-1-3-14(17)8-12/h1-8H,9-10H2. The lowest BCUT2D eigenvalue weighted by Gasteiger charge is -2.03. The lowest BCUT2D eigenvalue weighted by molar-refractivity contribution is 0.102. The molecule has 0 heterocycles. The van der Waals surface area contributed by atoms with Crippen LogP contribution in [0.25, 0.3) is 0 Å². The van der Waals surface area contributed by atoms with E-state index in [0.29, 0.717) is 21.4 Å². The first-order valence-corrected chi connectivity index (χ1v) is 8.17. The van der Waals surface area contributed by atoms with Crippen molar-refractivity contribution in [2.75, 3.05) is 5.75 Å². The molecule has 0 aliphatic rings. The molecule has 1 unspecified atom stereocenters. The Balaban J connectivity index is 1.97. The molecular weight excluding hydrogens is 315 g/mol. The van der Waals surface area contributed by atoms with Crippen LogP contribution in [0.2, 0.25) is 10.0 Å². The summed E-state index contributed by atoms with van der Waals surface area (Å²) < 4.78 is 12.0. The van der Waals surface area contributed by atoms with Crippen LogP contribution in [0.5, 0.6) is 0 Å². The van der Waals surface area contributed by atoms with E-state index in [4.69, 9.17) is 23.2 Å². The van der Waals surface area contributed by atoms with Crippen LogP contribution in [0.15, 0.2) is 48.5 Å². The molecule has 2 nitrogen and oxygen atoms in total. The molecular formula is C15H12Cl2O2S. The molecule has 0 saturated heterocycles. The fourth-order valence-electron chi connectivity index (χ4n) is 1.71. The number of hydrogen-bond acceptors (Lipinski definition) is 2. The maximum absolute atomic E-state index is 12.0. The summed E-state index contributed by atoms with van der Waals surface area (Å²) in [6.07, 6.45) is 0. The summed E-state index contributed by atoms with van der Waals surface area (Å²) in [5, 5.41) is 1.13. The van der Waals surface area contributed by atoms with Gasteiger partial charge >= 0.3 is 0 Å². The van der Waals surface area contributed by atoms with Crippen LogP contribution < -0.4 is 0 Å². The van der Waals surface area contributed by atoms with Gasteiger partial charge in [0.25, 0.3) is 0 Å². The fourth-order valence-corrected chi connectivity index (χ4v) is 3.15. The summed E-state index contributed by atoms with van der Waals surface area (Å²) in [5.74, 6) is 0.159. The minimum Gasteiger partial charge on any atom is -0.293 e. The second kappa shape index (κ2) is 7.02.